The Bertz CT molecular complexity index is 938. The minimum atomic E-state index is -0.440. The highest BCUT2D eigenvalue weighted by Crippen LogP contribution is 2.33. The van der Waals surface area contributed by atoms with E-state index in [4.69, 9.17) is 4.74 Å². The smallest absolute Gasteiger partial charge is 0.266 e. The van der Waals surface area contributed by atoms with Crippen LogP contribution in [0.4, 0.5) is 5.69 Å². The Morgan fingerprint density at radius 2 is 2.15 bits per heavy atom. The van der Waals surface area contributed by atoms with E-state index in [1.807, 2.05) is 50.2 Å². The van der Waals surface area contributed by atoms with Crippen molar-refractivity contribution in [2.75, 3.05) is 11.9 Å². The summed E-state index contributed by atoms with van der Waals surface area (Å²) >= 11 is 5.62. The van der Waals surface area contributed by atoms with Gasteiger partial charge < -0.3 is 10.1 Å². The van der Waals surface area contributed by atoms with Crippen LogP contribution in [0.5, 0.6) is 5.75 Å². The molecule has 0 bridgehead atoms. The fraction of sp³-hybridized carbons (Fsp3) is 0.143. The zero-order valence-corrected chi connectivity index (χ0v) is 18.7. The van der Waals surface area contributed by atoms with E-state index in [9.17, 15) is 10.1 Å². The lowest BCUT2D eigenvalue weighted by Gasteiger charge is -2.11. The van der Waals surface area contributed by atoms with Crippen molar-refractivity contribution in [1.82, 2.24) is 0 Å². The molecule has 0 aliphatic heterocycles. The summed E-state index contributed by atoms with van der Waals surface area (Å²) in [6.45, 7) is 7.94. The maximum atomic E-state index is 12.5. The van der Waals surface area contributed by atoms with Crippen LogP contribution in [-0.2, 0) is 4.79 Å². The number of anilines is 1. The van der Waals surface area contributed by atoms with Gasteiger partial charge in [0.1, 0.15) is 24.0 Å². The van der Waals surface area contributed by atoms with Crippen LogP contribution in [0.25, 0.3) is 6.08 Å². The van der Waals surface area contributed by atoms with E-state index >= 15 is 0 Å². The molecule has 138 valence electrons. The van der Waals surface area contributed by atoms with Crippen molar-refractivity contribution in [3.8, 4) is 11.8 Å². The standard InChI is InChI=1S/C21H18BrIN2O2/c1-4-8-27-20-17(22)10-15(11-18(20)23)9-16(12-24)21(26)25-19-7-5-6-13(2)14(19)3/h4-7,9-11H,1,8H2,2-3H3,(H,25,26)/b16-9+. The van der Waals surface area contributed by atoms with Gasteiger partial charge in [-0.3, -0.25) is 4.79 Å². The van der Waals surface area contributed by atoms with E-state index < -0.39 is 5.91 Å². The summed E-state index contributed by atoms with van der Waals surface area (Å²) in [7, 11) is 0. The molecule has 4 nitrogen and oxygen atoms in total. The van der Waals surface area contributed by atoms with Crippen molar-refractivity contribution >= 4 is 56.2 Å². The molecule has 0 aliphatic carbocycles. The van der Waals surface area contributed by atoms with Gasteiger partial charge >= 0.3 is 0 Å². The Balaban J connectivity index is 2.30. The van der Waals surface area contributed by atoms with Gasteiger partial charge in [0, 0.05) is 5.69 Å². The Hall–Kier alpha value is -2.11. The van der Waals surface area contributed by atoms with E-state index in [0.29, 0.717) is 18.0 Å². The molecule has 0 radical (unpaired) electrons. The second kappa shape index (κ2) is 9.72. The van der Waals surface area contributed by atoms with Crippen molar-refractivity contribution in [2.24, 2.45) is 0 Å². The van der Waals surface area contributed by atoms with E-state index in [2.05, 4.69) is 50.4 Å². The van der Waals surface area contributed by atoms with Crippen LogP contribution in [0, 0.1) is 28.7 Å². The Morgan fingerprint density at radius 1 is 1.41 bits per heavy atom. The van der Waals surface area contributed by atoms with Gasteiger partial charge in [0.2, 0.25) is 0 Å². The molecule has 0 heterocycles. The highest BCUT2D eigenvalue weighted by atomic mass is 127. The summed E-state index contributed by atoms with van der Waals surface area (Å²) in [6.07, 6.45) is 3.23. The predicted molar refractivity (Wildman–Crippen MR) is 121 cm³/mol. The number of carbonyl (C=O) groups is 1. The second-order valence-electron chi connectivity index (χ2n) is 5.78. The normalized spacial score (nSPS) is 10.9. The molecule has 6 heteroatoms. The summed E-state index contributed by atoms with van der Waals surface area (Å²) in [5.41, 5.74) is 3.50. The molecule has 0 saturated heterocycles. The number of ether oxygens (including phenoxy) is 1. The molecule has 27 heavy (non-hydrogen) atoms. The Labute approximate surface area is 181 Å². The van der Waals surface area contributed by atoms with Crippen molar-refractivity contribution in [3.05, 3.63) is 73.3 Å². The molecule has 0 spiro atoms. The number of nitriles is 1. The predicted octanol–water partition coefficient (Wildman–Crippen LogP) is 5.78. The van der Waals surface area contributed by atoms with E-state index in [1.54, 1.807) is 12.2 Å². The Morgan fingerprint density at radius 3 is 2.78 bits per heavy atom. The van der Waals surface area contributed by atoms with E-state index in [0.717, 1.165) is 24.7 Å². The molecule has 2 aromatic carbocycles. The van der Waals surface area contributed by atoms with Crippen molar-refractivity contribution in [2.45, 2.75) is 13.8 Å². The third-order valence-electron chi connectivity index (χ3n) is 3.90. The van der Waals surface area contributed by atoms with Crippen LogP contribution in [0.1, 0.15) is 16.7 Å². The number of nitrogens with one attached hydrogen (secondary N) is 1. The molecule has 1 N–H and O–H groups in total. The van der Waals surface area contributed by atoms with E-state index in [-0.39, 0.29) is 5.57 Å². The molecule has 0 unspecified atom stereocenters. The van der Waals surface area contributed by atoms with Crippen LogP contribution in [-0.4, -0.2) is 12.5 Å². The molecule has 0 fully saturated rings. The molecule has 0 aliphatic rings. The maximum absolute atomic E-state index is 12.5. The van der Waals surface area contributed by atoms with Crippen LogP contribution < -0.4 is 10.1 Å². The number of amides is 1. The van der Waals surface area contributed by atoms with Crippen molar-refractivity contribution in [3.63, 3.8) is 0 Å². The SMILES string of the molecule is C=CCOc1c(Br)cc(/C=C(\C#N)C(=O)Nc2cccc(C)c2C)cc1I. The first-order chi connectivity index (χ1) is 12.9. The number of rotatable bonds is 6. The minimum absolute atomic E-state index is 0.0263. The number of carbonyl (C=O) groups excluding carboxylic acids is 1. The van der Waals surface area contributed by atoms with Crippen molar-refractivity contribution < 1.29 is 9.53 Å². The summed E-state index contributed by atoms with van der Waals surface area (Å²) in [5.74, 6) is 0.260. The first-order valence-electron chi connectivity index (χ1n) is 8.09. The fourth-order valence-corrected chi connectivity index (χ4v) is 4.10. The molecule has 0 aromatic heterocycles. The molecule has 1 amide bonds. The van der Waals surface area contributed by atoms with Gasteiger partial charge in [0.05, 0.1) is 8.04 Å². The third-order valence-corrected chi connectivity index (χ3v) is 5.29. The third kappa shape index (κ3) is 5.44. The lowest BCUT2D eigenvalue weighted by atomic mass is 10.1. The van der Waals surface area contributed by atoms with Gasteiger partial charge in [-0.1, -0.05) is 24.8 Å². The summed E-state index contributed by atoms with van der Waals surface area (Å²) in [5, 5.41) is 12.3. The highest BCUT2D eigenvalue weighted by molar-refractivity contribution is 14.1. The molecule has 2 aromatic rings. The quantitative estimate of drug-likeness (QED) is 0.220. The molecule has 0 saturated carbocycles. The highest BCUT2D eigenvalue weighted by Gasteiger charge is 2.13. The monoisotopic (exact) mass is 536 g/mol. The topological polar surface area (TPSA) is 62.1 Å². The number of hydrogen-bond acceptors (Lipinski definition) is 3. The maximum Gasteiger partial charge on any atom is 0.266 e. The average Bonchev–Trinajstić information content (AvgIpc) is 2.62. The molecular formula is C21H18BrIN2O2. The van der Waals surface area contributed by atoms with Gasteiger partial charge in [0.15, 0.2) is 0 Å². The second-order valence-corrected chi connectivity index (χ2v) is 7.80. The molecular weight excluding hydrogens is 519 g/mol. The largest absolute Gasteiger partial charge is 0.487 e. The van der Waals surface area contributed by atoms with Gasteiger partial charge in [-0.2, -0.15) is 5.26 Å². The first-order valence-corrected chi connectivity index (χ1v) is 9.96. The summed E-state index contributed by atoms with van der Waals surface area (Å²) in [4.78, 5) is 12.5. The van der Waals surface area contributed by atoms with Crippen LogP contribution in [0.3, 0.4) is 0 Å². The number of hydrogen-bond donors (Lipinski definition) is 1. The number of halogens is 2. The molecule has 0 atom stereocenters. The zero-order chi connectivity index (χ0) is 20.0. The number of aryl methyl sites for hydroxylation is 1. The zero-order valence-electron chi connectivity index (χ0n) is 15.0. The summed E-state index contributed by atoms with van der Waals surface area (Å²) < 4.78 is 7.22. The van der Waals surface area contributed by atoms with Crippen LogP contribution in [0.15, 0.2) is 53.0 Å². The van der Waals surface area contributed by atoms with Gasteiger partial charge in [-0.05, 0) is 93.3 Å². The Kier molecular flexibility index (Phi) is 7.63. The lowest BCUT2D eigenvalue weighted by molar-refractivity contribution is -0.112. The van der Waals surface area contributed by atoms with Gasteiger partial charge in [-0.15, -0.1) is 0 Å². The fourth-order valence-electron chi connectivity index (χ4n) is 2.33. The molecule has 2 rings (SSSR count). The van der Waals surface area contributed by atoms with Crippen molar-refractivity contribution in [1.29, 1.82) is 5.26 Å². The van der Waals surface area contributed by atoms with Gasteiger partial charge in [0.25, 0.3) is 5.91 Å². The number of benzene rings is 2. The number of nitrogens with zero attached hydrogens (tertiary/aromatic N) is 1. The summed E-state index contributed by atoms with van der Waals surface area (Å²) in [6, 6.07) is 11.3. The van der Waals surface area contributed by atoms with E-state index in [1.165, 1.54) is 0 Å². The van der Waals surface area contributed by atoms with Gasteiger partial charge in [-0.25, -0.2) is 0 Å². The minimum Gasteiger partial charge on any atom is -0.487 e. The first kappa shape index (κ1) is 21.2. The average molecular weight is 537 g/mol. The van der Waals surface area contributed by atoms with Crippen LogP contribution in [0.2, 0.25) is 0 Å². The van der Waals surface area contributed by atoms with Crippen LogP contribution >= 0.6 is 38.5 Å². The lowest BCUT2D eigenvalue weighted by Crippen LogP contribution is -2.14.